The van der Waals surface area contributed by atoms with Crippen molar-refractivity contribution in [3.8, 4) is 0 Å². The average Bonchev–Trinajstić information content (AvgIpc) is 2.57. The minimum atomic E-state index is 0.117. The molecular formula is C18H31N6O+3. The SMILES string of the molecule is C[N+]12CC[N+](CC(=O)Nc3ccc(CC[NH2+]C(=N)N)cc3)(CC1)CC2. The molecular weight excluding hydrogens is 316 g/mol. The van der Waals surface area contributed by atoms with E-state index in [2.05, 4.69) is 12.4 Å². The summed E-state index contributed by atoms with van der Waals surface area (Å²) in [6, 6.07) is 7.98. The predicted octanol–water partition coefficient (Wildman–Crippen LogP) is -1.08. The van der Waals surface area contributed by atoms with E-state index in [0.29, 0.717) is 6.54 Å². The van der Waals surface area contributed by atoms with Crippen LogP contribution in [0.3, 0.4) is 0 Å². The lowest BCUT2D eigenvalue weighted by Gasteiger charge is -2.53. The Hall–Kier alpha value is -1.96. The van der Waals surface area contributed by atoms with Crippen LogP contribution in [-0.2, 0) is 11.2 Å². The minimum absolute atomic E-state index is 0.117. The third-order valence-electron chi connectivity index (χ3n) is 5.86. The van der Waals surface area contributed by atoms with Crippen molar-refractivity contribution in [2.24, 2.45) is 5.73 Å². The Labute approximate surface area is 149 Å². The first kappa shape index (κ1) is 17.8. The van der Waals surface area contributed by atoms with E-state index in [-0.39, 0.29) is 11.9 Å². The van der Waals surface area contributed by atoms with Crippen molar-refractivity contribution in [1.82, 2.24) is 0 Å². The van der Waals surface area contributed by atoms with Crippen molar-refractivity contribution in [2.75, 3.05) is 64.7 Å². The van der Waals surface area contributed by atoms with Gasteiger partial charge in [-0.3, -0.25) is 10.1 Å². The van der Waals surface area contributed by atoms with Crippen LogP contribution in [0.1, 0.15) is 5.56 Å². The topological polar surface area (TPSA) is 95.6 Å². The van der Waals surface area contributed by atoms with Gasteiger partial charge >= 0.3 is 0 Å². The van der Waals surface area contributed by atoms with Gasteiger partial charge in [0.2, 0.25) is 0 Å². The highest BCUT2D eigenvalue weighted by Crippen LogP contribution is 2.24. The molecule has 136 valence electrons. The number of rotatable bonds is 6. The maximum Gasteiger partial charge on any atom is 0.288 e. The number of carbonyl (C=O) groups excluding carboxylic acids is 1. The lowest BCUT2D eigenvalue weighted by Crippen LogP contribution is -2.90. The highest BCUT2D eigenvalue weighted by molar-refractivity contribution is 5.91. The number of nitrogens with two attached hydrogens (primary N) is 2. The van der Waals surface area contributed by atoms with E-state index < -0.39 is 0 Å². The van der Waals surface area contributed by atoms with Gasteiger partial charge in [-0.05, 0) is 17.7 Å². The van der Waals surface area contributed by atoms with E-state index in [4.69, 9.17) is 11.1 Å². The van der Waals surface area contributed by atoms with Gasteiger partial charge in [0.25, 0.3) is 11.9 Å². The largest absolute Gasteiger partial charge is 0.338 e. The average molecular weight is 347 g/mol. The first-order valence-electron chi connectivity index (χ1n) is 9.13. The van der Waals surface area contributed by atoms with E-state index >= 15 is 0 Å². The van der Waals surface area contributed by atoms with Crippen LogP contribution in [0.4, 0.5) is 5.69 Å². The fraction of sp³-hybridized carbons (Fsp3) is 0.556. The quantitative estimate of drug-likeness (QED) is 0.299. The fourth-order valence-electron chi connectivity index (χ4n) is 3.92. The molecule has 0 aliphatic carbocycles. The summed E-state index contributed by atoms with van der Waals surface area (Å²) in [5, 5.41) is 12.0. The van der Waals surface area contributed by atoms with Crippen molar-refractivity contribution >= 4 is 17.6 Å². The van der Waals surface area contributed by atoms with Gasteiger partial charge in [-0.15, -0.1) is 0 Å². The Kier molecular flexibility index (Phi) is 5.08. The fourth-order valence-corrected chi connectivity index (χ4v) is 3.92. The number of hydrogen-bond acceptors (Lipinski definition) is 2. The molecule has 1 amide bonds. The van der Waals surface area contributed by atoms with Gasteiger partial charge in [0, 0.05) is 12.1 Å². The minimum Gasteiger partial charge on any atom is -0.338 e. The number of hydrogen-bond donors (Lipinski definition) is 4. The zero-order valence-electron chi connectivity index (χ0n) is 15.1. The second-order valence-electron chi connectivity index (χ2n) is 7.90. The van der Waals surface area contributed by atoms with Gasteiger partial charge in [0.1, 0.15) is 39.3 Å². The van der Waals surface area contributed by atoms with Crippen LogP contribution >= 0.6 is 0 Å². The number of anilines is 1. The van der Waals surface area contributed by atoms with Crippen LogP contribution in [0.2, 0.25) is 0 Å². The number of amides is 1. The lowest BCUT2D eigenvalue weighted by atomic mass is 10.1. The van der Waals surface area contributed by atoms with Crippen LogP contribution in [0, 0.1) is 5.41 Å². The molecule has 3 saturated heterocycles. The summed E-state index contributed by atoms with van der Waals surface area (Å²) in [5.74, 6) is 0.238. The second-order valence-corrected chi connectivity index (χ2v) is 7.90. The van der Waals surface area contributed by atoms with Gasteiger partial charge in [-0.25, -0.2) is 5.41 Å². The number of nitrogens with zero attached hydrogens (tertiary/aromatic N) is 2. The van der Waals surface area contributed by atoms with Crippen molar-refractivity contribution in [3.05, 3.63) is 29.8 Å². The molecule has 0 unspecified atom stereocenters. The Morgan fingerprint density at radius 1 is 1.16 bits per heavy atom. The van der Waals surface area contributed by atoms with E-state index in [9.17, 15) is 4.79 Å². The van der Waals surface area contributed by atoms with Gasteiger partial charge in [0.05, 0.1) is 13.6 Å². The molecule has 3 heterocycles. The summed E-state index contributed by atoms with van der Waals surface area (Å²) in [6.07, 6.45) is 0.852. The van der Waals surface area contributed by atoms with E-state index in [0.717, 1.165) is 42.8 Å². The molecule has 0 saturated carbocycles. The molecule has 7 nitrogen and oxygen atoms in total. The van der Waals surface area contributed by atoms with E-state index in [1.54, 1.807) is 5.32 Å². The third kappa shape index (κ3) is 4.56. The van der Waals surface area contributed by atoms with Crippen molar-refractivity contribution < 1.29 is 19.1 Å². The monoisotopic (exact) mass is 347 g/mol. The molecule has 25 heavy (non-hydrogen) atoms. The first-order chi connectivity index (χ1) is 11.9. The third-order valence-corrected chi connectivity index (χ3v) is 5.86. The smallest absolute Gasteiger partial charge is 0.288 e. The molecule has 6 N–H and O–H groups in total. The summed E-state index contributed by atoms with van der Waals surface area (Å²) in [4.78, 5) is 12.5. The summed E-state index contributed by atoms with van der Waals surface area (Å²) < 4.78 is 2.14. The first-order valence-corrected chi connectivity index (χ1v) is 9.13. The van der Waals surface area contributed by atoms with Gasteiger partial charge in [0.15, 0.2) is 6.54 Å². The number of fused-ring (bicyclic) bond motifs is 3. The number of benzene rings is 1. The number of likely N-dealkylation sites (N-methyl/N-ethyl adjacent to an activating group) is 1. The lowest BCUT2D eigenvalue weighted by molar-refractivity contribution is -1.07. The molecule has 3 aliphatic rings. The molecule has 0 spiro atoms. The number of piperazine rings is 3. The number of nitrogens with one attached hydrogen (secondary N) is 2. The zero-order valence-corrected chi connectivity index (χ0v) is 15.1. The molecule has 1 aromatic rings. The number of guanidine groups is 1. The summed E-state index contributed by atoms with van der Waals surface area (Å²) in [6.45, 7) is 8.30. The molecule has 3 aliphatic heterocycles. The van der Waals surface area contributed by atoms with Crippen molar-refractivity contribution in [2.45, 2.75) is 6.42 Å². The van der Waals surface area contributed by atoms with Crippen LogP contribution in [0.5, 0.6) is 0 Å². The molecule has 0 aromatic heterocycles. The van der Waals surface area contributed by atoms with E-state index in [1.807, 2.05) is 24.3 Å². The molecule has 0 atom stereocenters. The predicted molar refractivity (Wildman–Crippen MR) is 98.0 cm³/mol. The van der Waals surface area contributed by atoms with Crippen LogP contribution < -0.4 is 16.4 Å². The summed E-state index contributed by atoms with van der Waals surface area (Å²) >= 11 is 0. The van der Waals surface area contributed by atoms with Gasteiger partial charge < -0.3 is 20.0 Å². The highest BCUT2D eigenvalue weighted by Gasteiger charge is 2.47. The number of carbonyl (C=O) groups is 1. The van der Waals surface area contributed by atoms with Gasteiger partial charge in [-0.2, -0.15) is 0 Å². The zero-order chi connectivity index (χ0) is 17.9. The highest BCUT2D eigenvalue weighted by atomic mass is 16.2. The maximum atomic E-state index is 12.5. The Balaban J connectivity index is 1.49. The second kappa shape index (κ2) is 7.11. The summed E-state index contributed by atoms with van der Waals surface area (Å²) in [5.41, 5.74) is 7.36. The van der Waals surface area contributed by atoms with Crippen molar-refractivity contribution in [1.29, 1.82) is 5.41 Å². The molecule has 2 bridgehead atoms. The molecule has 7 heteroatoms. The van der Waals surface area contributed by atoms with Crippen LogP contribution in [0.15, 0.2) is 24.3 Å². The van der Waals surface area contributed by atoms with Gasteiger partial charge in [-0.1, -0.05) is 12.1 Å². The normalized spacial score (nSPS) is 27.9. The number of quaternary nitrogens is 3. The standard InChI is InChI=1S/C18H29N6O/c1-23-8-11-24(12-9-23,13-10-23)14-17(25)22-16-4-2-15(3-5-16)6-7-21-18(19)20/h2-5H,6-14H2,1H3,(H4-,19,20,21,22,25)/q+1/p+2. The Morgan fingerprint density at radius 2 is 1.76 bits per heavy atom. The Morgan fingerprint density at radius 3 is 2.32 bits per heavy atom. The molecule has 4 rings (SSSR count). The molecule has 1 aromatic carbocycles. The Bertz CT molecular complexity index is 617. The van der Waals surface area contributed by atoms with Crippen LogP contribution in [-0.4, -0.2) is 80.2 Å². The van der Waals surface area contributed by atoms with E-state index in [1.165, 1.54) is 29.7 Å². The summed E-state index contributed by atoms with van der Waals surface area (Å²) in [7, 11) is 2.34. The molecule has 3 fully saturated rings. The molecule has 0 radical (unpaired) electrons. The van der Waals surface area contributed by atoms with Crippen LogP contribution in [0.25, 0.3) is 0 Å². The van der Waals surface area contributed by atoms with Crippen molar-refractivity contribution in [3.63, 3.8) is 0 Å². The maximum absolute atomic E-state index is 12.5.